The molecule has 1 amide bonds. The molecular weight excluding hydrogens is 266 g/mol. The quantitative estimate of drug-likeness (QED) is 0.799. The number of halogens is 1. The van der Waals surface area contributed by atoms with Crippen LogP contribution in [0.2, 0.25) is 0 Å². The Bertz CT molecular complexity index is 481. The standard InChI is InChI=1S/C14H16ClNO3/c1-19-12-5-3-2-4-11(12)14(18)16-8-6-10(7-9-16)13(15)17/h2-5,10H,6-9H2,1H3. The average molecular weight is 282 g/mol. The zero-order valence-corrected chi connectivity index (χ0v) is 11.5. The summed E-state index contributed by atoms with van der Waals surface area (Å²) in [6.45, 7) is 1.11. The Morgan fingerprint density at radius 3 is 2.47 bits per heavy atom. The largest absolute Gasteiger partial charge is 0.496 e. The molecule has 0 saturated carbocycles. The molecule has 1 aliphatic rings. The minimum atomic E-state index is -0.301. The number of rotatable bonds is 3. The summed E-state index contributed by atoms with van der Waals surface area (Å²) in [5.41, 5.74) is 0.556. The number of carbonyl (C=O) groups excluding carboxylic acids is 2. The van der Waals surface area contributed by atoms with E-state index in [1.165, 1.54) is 0 Å². The second-order valence-corrected chi connectivity index (χ2v) is 4.94. The molecule has 1 saturated heterocycles. The molecule has 2 rings (SSSR count). The molecule has 0 aromatic heterocycles. The van der Waals surface area contributed by atoms with Crippen molar-refractivity contribution in [2.75, 3.05) is 20.2 Å². The van der Waals surface area contributed by atoms with Crippen LogP contribution in [0.15, 0.2) is 24.3 Å². The van der Waals surface area contributed by atoms with Crippen LogP contribution in [0, 0.1) is 5.92 Å². The van der Waals surface area contributed by atoms with E-state index >= 15 is 0 Å². The lowest BCUT2D eigenvalue weighted by atomic mass is 9.97. The topological polar surface area (TPSA) is 46.6 Å². The van der Waals surface area contributed by atoms with E-state index in [4.69, 9.17) is 16.3 Å². The summed E-state index contributed by atoms with van der Waals surface area (Å²) in [5.74, 6) is 0.393. The van der Waals surface area contributed by atoms with E-state index in [1.54, 1.807) is 24.1 Å². The zero-order valence-electron chi connectivity index (χ0n) is 10.8. The molecule has 0 spiro atoms. The Hall–Kier alpha value is -1.55. The maximum atomic E-state index is 12.4. The van der Waals surface area contributed by atoms with Crippen LogP contribution < -0.4 is 4.74 Å². The number of likely N-dealkylation sites (tertiary alicyclic amines) is 1. The highest BCUT2D eigenvalue weighted by Crippen LogP contribution is 2.24. The summed E-state index contributed by atoms with van der Waals surface area (Å²) in [7, 11) is 1.55. The average Bonchev–Trinajstić information content (AvgIpc) is 2.46. The lowest BCUT2D eigenvalue weighted by Gasteiger charge is -2.30. The van der Waals surface area contributed by atoms with Crippen molar-refractivity contribution in [1.82, 2.24) is 4.90 Å². The van der Waals surface area contributed by atoms with Gasteiger partial charge in [-0.3, -0.25) is 9.59 Å². The molecule has 19 heavy (non-hydrogen) atoms. The SMILES string of the molecule is COc1ccccc1C(=O)N1CCC(C(=O)Cl)CC1. The second kappa shape index (κ2) is 6.06. The highest BCUT2D eigenvalue weighted by molar-refractivity contribution is 6.64. The molecular formula is C14H16ClNO3. The third-order valence-electron chi connectivity index (χ3n) is 3.44. The molecule has 1 fully saturated rings. The van der Waals surface area contributed by atoms with Gasteiger partial charge >= 0.3 is 0 Å². The number of hydrogen-bond acceptors (Lipinski definition) is 3. The van der Waals surface area contributed by atoms with Crippen LogP contribution in [0.3, 0.4) is 0 Å². The lowest BCUT2D eigenvalue weighted by Crippen LogP contribution is -2.39. The Morgan fingerprint density at radius 1 is 1.26 bits per heavy atom. The smallest absolute Gasteiger partial charge is 0.257 e. The van der Waals surface area contributed by atoms with Gasteiger partial charge in [0.1, 0.15) is 5.75 Å². The second-order valence-electron chi connectivity index (χ2n) is 4.57. The van der Waals surface area contributed by atoms with Crippen molar-refractivity contribution in [3.63, 3.8) is 0 Å². The molecule has 1 aliphatic heterocycles. The van der Waals surface area contributed by atoms with Gasteiger partial charge in [-0.05, 0) is 36.6 Å². The monoisotopic (exact) mass is 281 g/mol. The van der Waals surface area contributed by atoms with Crippen molar-refractivity contribution in [3.8, 4) is 5.75 Å². The van der Waals surface area contributed by atoms with Gasteiger partial charge in [-0.25, -0.2) is 0 Å². The fourth-order valence-corrected chi connectivity index (χ4v) is 2.52. The van der Waals surface area contributed by atoms with Crippen LogP contribution in [-0.4, -0.2) is 36.2 Å². The van der Waals surface area contributed by atoms with Gasteiger partial charge in [-0.1, -0.05) is 12.1 Å². The minimum Gasteiger partial charge on any atom is -0.496 e. The van der Waals surface area contributed by atoms with E-state index in [-0.39, 0.29) is 17.1 Å². The lowest BCUT2D eigenvalue weighted by molar-refractivity contribution is -0.116. The molecule has 0 radical (unpaired) electrons. The molecule has 0 aliphatic carbocycles. The fourth-order valence-electron chi connectivity index (χ4n) is 2.30. The van der Waals surface area contributed by atoms with Crippen LogP contribution in [-0.2, 0) is 4.79 Å². The van der Waals surface area contributed by atoms with Crippen molar-refractivity contribution in [2.45, 2.75) is 12.8 Å². The zero-order chi connectivity index (χ0) is 13.8. The fraction of sp³-hybridized carbons (Fsp3) is 0.429. The summed E-state index contributed by atoms with van der Waals surface area (Å²) in [4.78, 5) is 25.2. The van der Waals surface area contributed by atoms with Gasteiger partial charge < -0.3 is 9.64 Å². The van der Waals surface area contributed by atoms with Gasteiger partial charge in [0.25, 0.3) is 5.91 Å². The van der Waals surface area contributed by atoms with Crippen molar-refractivity contribution in [2.24, 2.45) is 5.92 Å². The maximum Gasteiger partial charge on any atom is 0.257 e. The number of ether oxygens (including phenoxy) is 1. The number of para-hydroxylation sites is 1. The minimum absolute atomic E-state index is 0.0575. The van der Waals surface area contributed by atoms with Crippen LogP contribution in [0.1, 0.15) is 23.2 Å². The number of benzene rings is 1. The van der Waals surface area contributed by atoms with Gasteiger partial charge in [-0.2, -0.15) is 0 Å². The van der Waals surface area contributed by atoms with E-state index in [0.29, 0.717) is 37.2 Å². The number of hydrogen-bond donors (Lipinski definition) is 0. The summed E-state index contributed by atoms with van der Waals surface area (Å²) in [6, 6.07) is 7.15. The van der Waals surface area contributed by atoms with Crippen molar-refractivity contribution in [1.29, 1.82) is 0 Å². The molecule has 1 heterocycles. The Kier molecular flexibility index (Phi) is 4.43. The molecule has 1 aromatic carbocycles. The summed E-state index contributed by atoms with van der Waals surface area (Å²) in [6.07, 6.45) is 1.26. The number of amides is 1. The predicted molar refractivity (Wildman–Crippen MR) is 72.5 cm³/mol. The third kappa shape index (κ3) is 3.07. The number of nitrogens with zero attached hydrogens (tertiary/aromatic N) is 1. The molecule has 1 aromatic rings. The first-order valence-electron chi connectivity index (χ1n) is 6.25. The van der Waals surface area contributed by atoms with E-state index in [2.05, 4.69) is 0 Å². The van der Waals surface area contributed by atoms with E-state index < -0.39 is 0 Å². The summed E-state index contributed by atoms with van der Waals surface area (Å²) in [5, 5.41) is -0.301. The summed E-state index contributed by atoms with van der Waals surface area (Å²) < 4.78 is 5.19. The maximum absolute atomic E-state index is 12.4. The molecule has 0 bridgehead atoms. The first kappa shape index (κ1) is 13.9. The molecule has 0 atom stereocenters. The van der Waals surface area contributed by atoms with Gasteiger partial charge in [0.15, 0.2) is 0 Å². The first-order valence-corrected chi connectivity index (χ1v) is 6.63. The molecule has 5 heteroatoms. The normalized spacial score (nSPS) is 16.2. The first-order chi connectivity index (χ1) is 9.13. The molecule has 0 unspecified atom stereocenters. The Balaban J connectivity index is 2.07. The van der Waals surface area contributed by atoms with Crippen molar-refractivity contribution in [3.05, 3.63) is 29.8 Å². The van der Waals surface area contributed by atoms with Gasteiger partial charge in [0.2, 0.25) is 5.24 Å². The van der Waals surface area contributed by atoms with Crippen LogP contribution >= 0.6 is 11.6 Å². The Morgan fingerprint density at radius 2 is 1.89 bits per heavy atom. The van der Waals surface area contributed by atoms with Crippen molar-refractivity contribution >= 4 is 22.8 Å². The number of methoxy groups -OCH3 is 1. The van der Waals surface area contributed by atoms with Gasteiger partial charge in [0.05, 0.1) is 12.7 Å². The van der Waals surface area contributed by atoms with E-state index in [0.717, 1.165) is 0 Å². The highest BCUT2D eigenvalue weighted by atomic mass is 35.5. The Labute approximate surface area is 117 Å². The van der Waals surface area contributed by atoms with E-state index in [1.807, 2.05) is 12.1 Å². The van der Waals surface area contributed by atoms with Crippen LogP contribution in [0.4, 0.5) is 0 Å². The van der Waals surface area contributed by atoms with Gasteiger partial charge in [0, 0.05) is 19.0 Å². The van der Waals surface area contributed by atoms with E-state index in [9.17, 15) is 9.59 Å². The number of carbonyl (C=O) groups is 2. The third-order valence-corrected chi connectivity index (χ3v) is 3.75. The number of piperidine rings is 1. The molecule has 102 valence electrons. The molecule has 0 N–H and O–H groups in total. The molecule has 4 nitrogen and oxygen atoms in total. The van der Waals surface area contributed by atoms with Crippen LogP contribution in [0.5, 0.6) is 5.75 Å². The summed E-state index contributed by atoms with van der Waals surface area (Å²) >= 11 is 5.49. The van der Waals surface area contributed by atoms with Gasteiger partial charge in [-0.15, -0.1) is 0 Å². The predicted octanol–water partition coefficient (Wildman–Crippen LogP) is 2.31. The van der Waals surface area contributed by atoms with Crippen LogP contribution in [0.25, 0.3) is 0 Å². The highest BCUT2D eigenvalue weighted by Gasteiger charge is 2.27. The van der Waals surface area contributed by atoms with Crippen molar-refractivity contribution < 1.29 is 14.3 Å².